The highest BCUT2D eigenvalue weighted by atomic mass is 35.5. The number of nitro benzene ring substituents is 1. The molecule has 0 spiro atoms. The van der Waals surface area contributed by atoms with Crippen LogP contribution >= 0.6 is 11.6 Å². The lowest BCUT2D eigenvalue weighted by Gasteiger charge is -2.13. The van der Waals surface area contributed by atoms with Crippen molar-refractivity contribution in [1.29, 1.82) is 0 Å². The number of para-hydroxylation sites is 1. The number of hydrogen-bond donors (Lipinski definition) is 1. The predicted octanol–water partition coefficient (Wildman–Crippen LogP) is 4.15. The lowest BCUT2D eigenvalue weighted by Crippen LogP contribution is -1.97. The fraction of sp³-hybridized carbons (Fsp3) is 0.200. The highest BCUT2D eigenvalue weighted by Gasteiger charge is 2.17. The molecule has 6 heteroatoms. The standard InChI is InChI=1S/C15H14ClNO4/c1-9-6-10(2)14(7-13(9)17(19)20)21-15-11(8-18)4-3-5-12(15)16/h3-7,18H,8H2,1-2H3. The largest absolute Gasteiger partial charge is 0.455 e. The minimum atomic E-state index is -0.457. The van der Waals surface area contributed by atoms with Crippen molar-refractivity contribution in [2.45, 2.75) is 20.5 Å². The molecule has 0 fully saturated rings. The predicted molar refractivity (Wildman–Crippen MR) is 80.0 cm³/mol. The van der Waals surface area contributed by atoms with E-state index in [0.717, 1.165) is 5.56 Å². The van der Waals surface area contributed by atoms with E-state index in [9.17, 15) is 15.2 Å². The molecule has 2 rings (SSSR count). The minimum absolute atomic E-state index is 0.0202. The van der Waals surface area contributed by atoms with Crippen LogP contribution in [0.15, 0.2) is 30.3 Å². The summed E-state index contributed by atoms with van der Waals surface area (Å²) in [4.78, 5) is 10.6. The number of hydrogen-bond acceptors (Lipinski definition) is 4. The van der Waals surface area contributed by atoms with Gasteiger partial charge in [-0.2, -0.15) is 0 Å². The van der Waals surface area contributed by atoms with E-state index in [1.807, 2.05) is 0 Å². The average molecular weight is 308 g/mol. The molecule has 1 N–H and O–H groups in total. The van der Waals surface area contributed by atoms with E-state index >= 15 is 0 Å². The van der Waals surface area contributed by atoms with Crippen molar-refractivity contribution < 1.29 is 14.8 Å². The Morgan fingerprint density at radius 2 is 2.00 bits per heavy atom. The molecule has 0 aliphatic heterocycles. The van der Waals surface area contributed by atoms with Gasteiger partial charge in [-0.15, -0.1) is 0 Å². The molecule has 21 heavy (non-hydrogen) atoms. The fourth-order valence-electron chi connectivity index (χ4n) is 2.03. The van der Waals surface area contributed by atoms with Crippen LogP contribution in [0, 0.1) is 24.0 Å². The van der Waals surface area contributed by atoms with E-state index in [1.165, 1.54) is 6.07 Å². The Labute approximate surface area is 126 Å². The summed E-state index contributed by atoms with van der Waals surface area (Å²) < 4.78 is 5.71. The quantitative estimate of drug-likeness (QED) is 0.680. The van der Waals surface area contributed by atoms with Crippen LogP contribution in [-0.2, 0) is 6.61 Å². The SMILES string of the molecule is Cc1cc(C)c([N+](=O)[O-])cc1Oc1c(Cl)cccc1CO. The molecule has 0 saturated carbocycles. The van der Waals surface area contributed by atoms with Crippen LogP contribution < -0.4 is 4.74 Å². The van der Waals surface area contributed by atoms with Crippen molar-refractivity contribution in [2.75, 3.05) is 0 Å². The van der Waals surface area contributed by atoms with Crippen LogP contribution in [0.2, 0.25) is 5.02 Å². The van der Waals surface area contributed by atoms with Crippen LogP contribution in [0.5, 0.6) is 11.5 Å². The Morgan fingerprint density at radius 3 is 2.62 bits per heavy atom. The van der Waals surface area contributed by atoms with Crippen LogP contribution in [0.4, 0.5) is 5.69 Å². The van der Waals surface area contributed by atoms with E-state index in [0.29, 0.717) is 27.6 Å². The summed E-state index contributed by atoms with van der Waals surface area (Å²) in [5.74, 6) is 0.651. The molecule has 0 saturated heterocycles. The number of aliphatic hydroxyl groups is 1. The third-order valence-electron chi connectivity index (χ3n) is 3.12. The molecular weight excluding hydrogens is 294 g/mol. The fourth-order valence-corrected chi connectivity index (χ4v) is 2.26. The molecule has 0 aliphatic carbocycles. The summed E-state index contributed by atoms with van der Waals surface area (Å²) in [6.45, 7) is 3.23. The maximum absolute atomic E-state index is 11.0. The molecule has 0 bridgehead atoms. The number of aryl methyl sites for hydroxylation is 2. The monoisotopic (exact) mass is 307 g/mol. The summed E-state index contributed by atoms with van der Waals surface area (Å²) in [6.07, 6.45) is 0. The van der Waals surface area contributed by atoms with Gasteiger partial charge >= 0.3 is 0 Å². The van der Waals surface area contributed by atoms with E-state index in [2.05, 4.69) is 0 Å². The Balaban J connectivity index is 2.50. The lowest BCUT2D eigenvalue weighted by molar-refractivity contribution is -0.385. The van der Waals surface area contributed by atoms with Gasteiger partial charge in [-0.25, -0.2) is 0 Å². The van der Waals surface area contributed by atoms with Gasteiger partial charge in [-0.05, 0) is 31.5 Å². The molecule has 2 aromatic rings. The highest BCUT2D eigenvalue weighted by molar-refractivity contribution is 6.32. The van der Waals surface area contributed by atoms with Gasteiger partial charge in [0.2, 0.25) is 0 Å². The van der Waals surface area contributed by atoms with Crippen molar-refractivity contribution in [2.24, 2.45) is 0 Å². The number of benzene rings is 2. The molecule has 0 radical (unpaired) electrons. The molecule has 0 aromatic heterocycles. The van der Waals surface area contributed by atoms with Crippen molar-refractivity contribution >= 4 is 17.3 Å². The third-order valence-corrected chi connectivity index (χ3v) is 3.42. The molecule has 0 amide bonds. The first-order valence-corrected chi connectivity index (χ1v) is 6.63. The summed E-state index contributed by atoms with van der Waals surface area (Å²) >= 11 is 6.07. The van der Waals surface area contributed by atoms with Gasteiger partial charge in [0.05, 0.1) is 22.6 Å². The van der Waals surface area contributed by atoms with Crippen LogP contribution in [0.25, 0.3) is 0 Å². The molecule has 0 heterocycles. The molecule has 2 aromatic carbocycles. The minimum Gasteiger partial charge on any atom is -0.455 e. The van der Waals surface area contributed by atoms with Crippen LogP contribution in [0.3, 0.4) is 0 Å². The summed E-state index contributed by atoms with van der Waals surface area (Å²) in [5, 5.41) is 20.7. The smallest absolute Gasteiger partial charge is 0.276 e. The second kappa shape index (κ2) is 6.11. The lowest BCUT2D eigenvalue weighted by atomic mass is 10.1. The maximum atomic E-state index is 11.0. The van der Waals surface area contributed by atoms with Gasteiger partial charge in [-0.1, -0.05) is 23.7 Å². The number of ether oxygens (including phenoxy) is 1. The summed E-state index contributed by atoms with van der Waals surface area (Å²) in [5.41, 5.74) is 1.81. The Hall–Kier alpha value is -2.11. The topological polar surface area (TPSA) is 72.6 Å². The first-order valence-electron chi connectivity index (χ1n) is 6.25. The number of halogens is 1. The van der Waals surface area contributed by atoms with Crippen molar-refractivity contribution in [3.63, 3.8) is 0 Å². The molecule has 5 nitrogen and oxygen atoms in total. The van der Waals surface area contributed by atoms with Gasteiger partial charge in [0, 0.05) is 11.1 Å². The van der Waals surface area contributed by atoms with E-state index in [1.54, 1.807) is 38.1 Å². The molecule has 0 unspecified atom stereocenters. The van der Waals surface area contributed by atoms with Gasteiger partial charge < -0.3 is 9.84 Å². The van der Waals surface area contributed by atoms with E-state index in [4.69, 9.17) is 16.3 Å². The van der Waals surface area contributed by atoms with Gasteiger partial charge in [0.25, 0.3) is 5.69 Å². The molecule has 0 atom stereocenters. The normalized spacial score (nSPS) is 10.5. The molecule has 110 valence electrons. The number of rotatable bonds is 4. The molecule has 0 aliphatic rings. The van der Waals surface area contributed by atoms with Crippen molar-refractivity contribution in [1.82, 2.24) is 0 Å². The molecular formula is C15H14ClNO4. The zero-order valence-electron chi connectivity index (χ0n) is 11.6. The van der Waals surface area contributed by atoms with Crippen LogP contribution in [0.1, 0.15) is 16.7 Å². The first-order chi connectivity index (χ1) is 9.93. The van der Waals surface area contributed by atoms with Crippen molar-refractivity contribution in [3.8, 4) is 11.5 Å². The van der Waals surface area contributed by atoms with E-state index in [-0.39, 0.29) is 12.3 Å². The summed E-state index contributed by atoms with van der Waals surface area (Å²) in [6, 6.07) is 8.07. The second-order valence-electron chi connectivity index (χ2n) is 4.65. The Bertz CT molecular complexity index is 700. The summed E-state index contributed by atoms with van der Waals surface area (Å²) in [7, 11) is 0. The number of nitrogens with zero attached hydrogens (tertiary/aromatic N) is 1. The second-order valence-corrected chi connectivity index (χ2v) is 5.06. The van der Waals surface area contributed by atoms with Crippen molar-refractivity contribution in [3.05, 3.63) is 62.2 Å². The third kappa shape index (κ3) is 3.15. The van der Waals surface area contributed by atoms with Gasteiger partial charge in [0.15, 0.2) is 5.75 Å². The zero-order chi connectivity index (χ0) is 15.6. The average Bonchev–Trinajstić information content (AvgIpc) is 2.43. The first kappa shape index (κ1) is 15.3. The Kier molecular flexibility index (Phi) is 4.45. The highest BCUT2D eigenvalue weighted by Crippen LogP contribution is 2.36. The zero-order valence-corrected chi connectivity index (χ0v) is 12.3. The van der Waals surface area contributed by atoms with E-state index < -0.39 is 4.92 Å². The Morgan fingerprint density at radius 1 is 1.29 bits per heavy atom. The van der Waals surface area contributed by atoms with Gasteiger partial charge in [0.1, 0.15) is 5.75 Å². The number of nitro groups is 1. The van der Waals surface area contributed by atoms with Crippen LogP contribution in [-0.4, -0.2) is 10.0 Å². The maximum Gasteiger partial charge on any atom is 0.276 e. The van der Waals surface area contributed by atoms with Gasteiger partial charge in [-0.3, -0.25) is 10.1 Å². The number of aliphatic hydroxyl groups excluding tert-OH is 1.